The van der Waals surface area contributed by atoms with Crippen LogP contribution in [0.25, 0.3) is 0 Å². The molecule has 1 aromatic rings. The quantitative estimate of drug-likeness (QED) is 0.616. The predicted molar refractivity (Wildman–Crippen MR) is 68.7 cm³/mol. The molecule has 0 heterocycles. The van der Waals surface area contributed by atoms with E-state index in [1.54, 1.807) is 6.92 Å². The van der Waals surface area contributed by atoms with Crippen LogP contribution in [-0.4, -0.2) is 23.9 Å². The van der Waals surface area contributed by atoms with E-state index < -0.39 is 11.5 Å². The van der Waals surface area contributed by atoms with Crippen LogP contribution >= 0.6 is 11.8 Å². The predicted octanol–water partition coefficient (Wildman–Crippen LogP) is 3.61. The normalized spacial score (nSPS) is 11.2. The third-order valence-electron chi connectivity index (χ3n) is 2.24. The largest absolute Gasteiger partial charge is 0.462 e. The van der Waals surface area contributed by atoms with Crippen molar-refractivity contribution in [2.24, 2.45) is 0 Å². The van der Waals surface area contributed by atoms with Gasteiger partial charge in [0.15, 0.2) is 0 Å². The molecule has 0 atom stereocenters. The van der Waals surface area contributed by atoms with Gasteiger partial charge in [0.05, 0.1) is 12.2 Å². The first-order chi connectivity index (χ1) is 9.23. The number of hydrogen-bond donors (Lipinski definition) is 0. The van der Waals surface area contributed by atoms with Crippen LogP contribution in [0.4, 0.5) is 13.2 Å². The molecule has 1 aromatic carbocycles. The number of rotatable bonds is 5. The van der Waals surface area contributed by atoms with Crippen molar-refractivity contribution in [2.75, 3.05) is 6.61 Å². The van der Waals surface area contributed by atoms with Gasteiger partial charge in [-0.1, -0.05) is 0 Å². The van der Waals surface area contributed by atoms with Crippen LogP contribution in [0.5, 0.6) is 0 Å². The number of halogens is 3. The Balaban J connectivity index is 3.12. The van der Waals surface area contributed by atoms with E-state index in [1.165, 1.54) is 25.1 Å². The first-order valence-electron chi connectivity index (χ1n) is 5.78. The van der Waals surface area contributed by atoms with Gasteiger partial charge >= 0.3 is 11.5 Å². The molecule has 0 fully saturated rings. The minimum atomic E-state index is -4.45. The Hall–Kier alpha value is -1.50. The molecule has 0 unspecified atom stereocenters. The zero-order valence-electron chi connectivity index (χ0n) is 10.9. The Morgan fingerprint density at radius 2 is 1.95 bits per heavy atom. The lowest BCUT2D eigenvalue weighted by Gasteiger charge is -2.12. The van der Waals surface area contributed by atoms with Crippen LogP contribution < -0.4 is 0 Å². The number of Topliss-reactive ketones (excluding diaryl/α,β-unsaturated/α-hetero) is 1. The van der Waals surface area contributed by atoms with E-state index in [0.717, 1.165) is 0 Å². The number of benzene rings is 1. The first-order valence-corrected chi connectivity index (χ1v) is 6.59. The lowest BCUT2D eigenvalue weighted by Crippen LogP contribution is -2.08. The van der Waals surface area contributed by atoms with Crippen molar-refractivity contribution in [3.05, 3.63) is 29.3 Å². The van der Waals surface area contributed by atoms with Crippen LogP contribution in [0.2, 0.25) is 0 Å². The van der Waals surface area contributed by atoms with Crippen molar-refractivity contribution >= 4 is 23.5 Å². The molecule has 0 aliphatic rings. The summed E-state index contributed by atoms with van der Waals surface area (Å²) >= 11 is -0.301. The van der Waals surface area contributed by atoms with Crippen LogP contribution in [0.15, 0.2) is 23.1 Å². The van der Waals surface area contributed by atoms with E-state index in [-0.39, 0.29) is 46.6 Å². The summed E-state index contributed by atoms with van der Waals surface area (Å²) in [6.07, 6.45) is -0.161. The maximum atomic E-state index is 12.4. The van der Waals surface area contributed by atoms with Gasteiger partial charge in [-0.05, 0) is 49.4 Å². The molecular weight excluding hydrogens is 293 g/mol. The van der Waals surface area contributed by atoms with Crippen LogP contribution in [-0.2, 0) is 16.0 Å². The average molecular weight is 306 g/mol. The molecule has 3 nitrogen and oxygen atoms in total. The number of thioether (sulfide) groups is 1. The van der Waals surface area contributed by atoms with Gasteiger partial charge in [-0.2, -0.15) is 13.2 Å². The second kappa shape index (κ2) is 6.78. The molecule has 0 aliphatic heterocycles. The lowest BCUT2D eigenvalue weighted by atomic mass is 10.1. The molecular formula is C13H13F3O3S. The topological polar surface area (TPSA) is 43.4 Å². The molecule has 0 N–H and O–H groups in total. The Morgan fingerprint density at radius 3 is 2.45 bits per heavy atom. The lowest BCUT2D eigenvalue weighted by molar-refractivity contribution is -0.116. The van der Waals surface area contributed by atoms with Crippen LogP contribution in [0, 0.1) is 0 Å². The van der Waals surface area contributed by atoms with Gasteiger partial charge in [0.1, 0.15) is 5.78 Å². The van der Waals surface area contributed by atoms with Gasteiger partial charge in [-0.3, -0.25) is 4.79 Å². The monoisotopic (exact) mass is 306 g/mol. The van der Waals surface area contributed by atoms with Gasteiger partial charge < -0.3 is 4.74 Å². The molecule has 110 valence electrons. The van der Waals surface area contributed by atoms with Crippen LogP contribution in [0.1, 0.15) is 29.8 Å². The number of carbonyl (C=O) groups excluding carboxylic acids is 2. The molecule has 0 saturated carbocycles. The molecule has 20 heavy (non-hydrogen) atoms. The van der Waals surface area contributed by atoms with E-state index in [9.17, 15) is 22.8 Å². The SMILES string of the molecule is CCOC(=O)c1ccc(SC(F)(F)F)c(CC(C)=O)c1. The highest BCUT2D eigenvalue weighted by Crippen LogP contribution is 2.39. The molecule has 0 radical (unpaired) electrons. The van der Waals surface area contributed by atoms with Crippen molar-refractivity contribution in [3.63, 3.8) is 0 Å². The summed E-state index contributed by atoms with van der Waals surface area (Å²) in [5, 5.41) is 0. The van der Waals surface area contributed by atoms with E-state index in [4.69, 9.17) is 4.74 Å². The highest BCUT2D eigenvalue weighted by molar-refractivity contribution is 8.00. The van der Waals surface area contributed by atoms with Gasteiger partial charge in [-0.25, -0.2) is 4.79 Å². The fourth-order valence-corrected chi connectivity index (χ4v) is 2.20. The number of esters is 1. The fourth-order valence-electron chi connectivity index (χ4n) is 1.55. The number of alkyl halides is 3. The zero-order valence-corrected chi connectivity index (χ0v) is 11.7. The van der Waals surface area contributed by atoms with E-state index in [1.807, 2.05) is 0 Å². The minimum absolute atomic E-state index is 0.0826. The summed E-state index contributed by atoms with van der Waals surface area (Å²) in [5.41, 5.74) is -4.14. The summed E-state index contributed by atoms with van der Waals surface area (Å²) in [7, 11) is 0. The summed E-state index contributed by atoms with van der Waals surface area (Å²) in [4.78, 5) is 22.6. The summed E-state index contributed by atoms with van der Waals surface area (Å²) in [6.45, 7) is 3.07. The average Bonchev–Trinajstić information content (AvgIpc) is 2.29. The molecule has 0 bridgehead atoms. The van der Waals surface area contributed by atoms with Gasteiger partial charge in [0.25, 0.3) is 0 Å². The van der Waals surface area contributed by atoms with Crippen molar-refractivity contribution in [1.82, 2.24) is 0 Å². The first kappa shape index (κ1) is 16.6. The van der Waals surface area contributed by atoms with Crippen molar-refractivity contribution in [3.8, 4) is 0 Å². The van der Waals surface area contributed by atoms with Crippen molar-refractivity contribution < 1.29 is 27.5 Å². The maximum Gasteiger partial charge on any atom is 0.446 e. The Morgan fingerprint density at radius 1 is 1.30 bits per heavy atom. The second-order valence-electron chi connectivity index (χ2n) is 3.97. The molecule has 1 rings (SSSR count). The van der Waals surface area contributed by atoms with E-state index in [2.05, 4.69) is 0 Å². The van der Waals surface area contributed by atoms with Gasteiger partial charge in [-0.15, -0.1) is 0 Å². The van der Waals surface area contributed by atoms with Gasteiger partial charge in [0, 0.05) is 11.3 Å². The third kappa shape index (κ3) is 5.24. The molecule has 0 aromatic heterocycles. The van der Waals surface area contributed by atoms with Gasteiger partial charge in [0.2, 0.25) is 0 Å². The minimum Gasteiger partial charge on any atom is -0.462 e. The van der Waals surface area contributed by atoms with E-state index in [0.29, 0.717) is 0 Å². The maximum absolute atomic E-state index is 12.4. The molecule has 0 spiro atoms. The standard InChI is InChI=1S/C13H13F3O3S/c1-3-19-12(18)9-4-5-11(20-13(14,15)16)10(7-9)6-8(2)17/h4-5,7H,3,6H2,1-2H3. The fraction of sp³-hybridized carbons (Fsp3) is 0.385. The summed E-state index contributed by atoms with van der Waals surface area (Å²) in [6, 6.07) is 3.71. The number of carbonyl (C=O) groups is 2. The highest BCUT2D eigenvalue weighted by Gasteiger charge is 2.30. The smallest absolute Gasteiger partial charge is 0.446 e. The number of hydrogen-bond acceptors (Lipinski definition) is 4. The molecule has 0 saturated heterocycles. The molecule has 7 heteroatoms. The van der Waals surface area contributed by atoms with E-state index >= 15 is 0 Å². The zero-order chi connectivity index (χ0) is 15.3. The Kier molecular flexibility index (Phi) is 5.62. The highest BCUT2D eigenvalue weighted by atomic mass is 32.2. The Labute approximate surface area is 118 Å². The van der Waals surface area contributed by atoms with Crippen molar-refractivity contribution in [2.45, 2.75) is 30.7 Å². The van der Waals surface area contributed by atoms with Crippen molar-refractivity contribution in [1.29, 1.82) is 0 Å². The number of ether oxygens (including phenoxy) is 1. The summed E-state index contributed by atoms with van der Waals surface area (Å²) in [5.74, 6) is -0.907. The third-order valence-corrected chi connectivity index (χ3v) is 3.09. The molecule has 0 aliphatic carbocycles. The molecule has 0 amide bonds. The number of ketones is 1. The van der Waals surface area contributed by atoms with Crippen LogP contribution in [0.3, 0.4) is 0 Å². The Bertz CT molecular complexity index is 512. The second-order valence-corrected chi connectivity index (χ2v) is 5.08. The summed E-state index contributed by atoms with van der Waals surface area (Å²) < 4.78 is 42.1.